The van der Waals surface area contributed by atoms with Crippen molar-refractivity contribution in [3.05, 3.63) is 71.0 Å². The predicted octanol–water partition coefficient (Wildman–Crippen LogP) is 5.38. The van der Waals surface area contributed by atoms with E-state index in [0.717, 1.165) is 5.56 Å². The molecule has 2 aromatic carbocycles. The third-order valence-corrected chi connectivity index (χ3v) is 3.47. The molecule has 1 atom stereocenters. The summed E-state index contributed by atoms with van der Waals surface area (Å²) >= 11 is 0. The Hall–Kier alpha value is -1.70. The summed E-state index contributed by atoms with van der Waals surface area (Å²) in [6.07, 6.45) is -0.785. The fraction of sp³-hybridized carbons (Fsp3) is 0.333. The van der Waals surface area contributed by atoms with Gasteiger partial charge in [0.1, 0.15) is 12.0 Å². The molecular formula is C18H20F2. The summed E-state index contributed by atoms with van der Waals surface area (Å²) in [5, 5.41) is 0. The molecule has 0 aliphatic rings. The Labute approximate surface area is 119 Å². The van der Waals surface area contributed by atoms with Gasteiger partial charge in [0.25, 0.3) is 0 Å². The lowest BCUT2D eigenvalue weighted by molar-refractivity contribution is 0.342. The van der Waals surface area contributed by atoms with E-state index in [9.17, 15) is 8.78 Å². The summed E-state index contributed by atoms with van der Waals surface area (Å²) in [4.78, 5) is 0. The number of alkyl halides is 1. The smallest absolute Gasteiger partial charge is 0.129 e. The van der Waals surface area contributed by atoms with E-state index in [1.165, 1.54) is 29.8 Å². The Morgan fingerprint density at radius 2 is 1.45 bits per heavy atom. The van der Waals surface area contributed by atoms with Crippen LogP contribution >= 0.6 is 0 Å². The van der Waals surface area contributed by atoms with E-state index >= 15 is 0 Å². The molecule has 0 N–H and O–H groups in total. The zero-order valence-electron chi connectivity index (χ0n) is 12.2. The first-order chi connectivity index (χ1) is 9.36. The first-order valence-corrected chi connectivity index (χ1v) is 6.85. The molecule has 0 radical (unpaired) electrons. The highest BCUT2D eigenvalue weighted by Gasteiger charge is 2.14. The van der Waals surface area contributed by atoms with Gasteiger partial charge in [0.15, 0.2) is 0 Å². The average molecular weight is 274 g/mol. The summed E-state index contributed by atoms with van der Waals surface area (Å²) in [5.41, 5.74) is 2.81. The van der Waals surface area contributed by atoms with Crippen molar-refractivity contribution in [1.82, 2.24) is 0 Å². The molecule has 0 saturated heterocycles. The zero-order chi connectivity index (χ0) is 14.8. The van der Waals surface area contributed by atoms with Gasteiger partial charge in [0, 0.05) is 6.42 Å². The van der Waals surface area contributed by atoms with Crippen LogP contribution in [0.3, 0.4) is 0 Å². The highest BCUT2D eigenvalue weighted by Crippen LogP contribution is 2.26. The highest BCUT2D eigenvalue weighted by atomic mass is 19.1. The molecule has 1 unspecified atom stereocenters. The van der Waals surface area contributed by atoms with Gasteiger partial charge in [0.2, 0.25) is 0 Å². The van der Waals surface area contributed by atoms with Gasteiger partial charge in [-0.3, -0.25) is 0 Å². The molecule has 2 heteroatoms. The van der Waals surface area contributed by atoms with Crippen LogP contribution in [0.1, 0.15) is 43.6 Å². The molecule has 0 saturated carbocycles. The Morgan fingerprint density at radius 1 is 0.900 bits per heavy atom. The number of hydrogen-bond acceptors (Lipinski definition) is 0. The lowest BCUT2D eigenvalue weighted by Crippen LogP contribution is -2.10. The molecule has 0 amide bonds. The molecule has 0 aromatic heterocycles. The third kappa shape index (κ3) is 3.66. The first-order valence-electron chi connectivity index (χ1n) is 6.85. The molecule has 0 heterocycles. The van der Waals surface area contributed by atoms with Crippen molar-refractivity contribution >= 4 is 0 Å². The Balaban J connectivity index is 2.08. The molecular weight excluding hydrogens is 254 g/mol. The number of benzene rings is 2. The third-order valence-electron chi connectivity index (χ3n) is 3.47. The van der Waals surface area contributed by atoms with Crippen molar-refractivity contribution in [2.75, 3.05) is 0 Å². The number of hydrogen-bond donors (Lipinski definition) is 0. The molecule has 106 valence electrons. The Kier molecular flexibility index (Phi) is 4.22. The fourth-order valence-electron chi connectivity index (χ4n) is 2.14. The van der Waals surface area contributed by atoms with Crippen LogP contribution in [0.5, 0.6) is 0 Å². The van der Waals surface area contributed by atoms with Crippen LogP contribution in [-0.4, -0.2) is 0 Å². The van der Waals surface area contributed by atoms with Crippen LogP contribution in [0.15, 0.2) is 48.5 Å². The van der Waals surface area contributed by atoms with Gasteiger partial charge in [-0.05, 0) is 34.2 Å². The van der Waals surface area contributed by atoms with Gasteiger partial charge >= 0.3 is 0 Å². The maximum atomic E-state index is 14.2. The van der Waals surface area contributed by atoms with Crippen molar-refractivity contribution in [2.24, 2.45) is 0 Å². The second kappa shape index (κ2) is 5.74. The van der Waals surface area contributed by atoms with Crippen LogP contribution in [0, 0.1) is 5.82 Å². The lowest BCUT2D eigenvalue weighted by atomic mass is 9.86. The normalized spacial score (nSPS) is 13.2. The van der Waals surface area contributed by atoms with Gasteiger partial charge < -0.3 is 0 Å². The second-order valence-corrected chi connectivity index (χ2v) is 6.17. The first kappa shape index (κ1) is 14.7. The fourth-order valence-corrected chi connectivity index (χ4v) is 2.14. The van der Waals surface area contributed by atoms with Crippen LogP contribution in [0.4, 0.5) is 8.78 Å². The molecule has 0 aliphatic heterocycles. The van der Waals surface area contributed by atoms with E-state index < -0.39 is 6.17 Å². The van der Waals surface area contributed by atoms with Gasteiger partial charge in [-0.15, -0.1) is 0 Å². The lowest BCUT2D eigenvalue weighted by Gasteiger charge is -2.19. The summed E-state index contributed by atoms with van der Waals surface area (Å²) in [5.74, 6) is -0.338. The summed E-state index contributed by atoms with van der Waals surface area (Å²) in [6, 6.07) is 13.6. The van der Waals surface area contributed by atoms with Crippen LogP contribution in [-0.2, 0) is 11.8 Å². The monoisotopic (exact) mass is 274 g/mol. The zero-order valence-corrected chi connectivity index (χ0v) is 12.2. The predicted molar refractivity (Wildman–Crippen MR) is 79.1 cm³/mol. The van der Waals surface area contributed by atoms with Crippen LogP contribution in [0.2, 0.25) is 0 Å². The Bertz CT molecular complexity index is 547. The maximum absolute atomic E-state index is 14.2. The van der Waals surface area contributed by atoms with E-state index in [-0.39, 0.29) is 11.2 Å². The Morgan fingerprint density at radius 3 is 1.95 bits per heavy atom. The van der Waals surface area contributed by atoms with Crippen LogP contribution in [0.25, 0.3) is 0 Å². The summed E-state index contributed by atoms with van der Waals surface area (Å²) in [6.45, 7) is 6.45. The van der Waals surface area contributed by atoms with E-state index in [1.807, 2.05) is 24.3 Å². The summed E-state index contributed by atoms with van der Waals surface area (Å²) < 4.78 is 27.0. The van der Waals surface area contributed by atoms with Gasteiger partial charge in [-0.2, -0.15) is 0 Å². The topological polar surface area (TPSA) is 0 Å². The minimum Gasteiger partial charge on any atom is -0.242 e. The number of halogens is 2. The van der Waals surface area contributed by atoms with Crippen molar-refractivity contribution in [3.8, 4) is 0 Å². The van der Waals surface area contributed by atoms with Crippen molar-refractivity contribution in [1.29, 1.82) is 0 Å². The standard InChI is InChI=1S/C18H20F2/c1-18(2,3)15-8-4-13(5-9-15)12-17(20)14-6-10-16(19)11-7-14/h4-11,17H,12H2,1-3H3. The quantitative estimate of drug-likeness (QED) is 0.705. The summed E-state index contributed by atoms with van der Waals surface area (Å²) in [7, 11) is 0. The van der Waals surface area contributed by atoms with E-state index in [0.29, 0.717) is 12.0 Å². The van der Waals surface area contributed by atoms with Gasteiger partial charge in [-0.25, -0.2) is 8.78 Å². The van der Waals surface area contributed by atoms with Crippen LogP contribution < -0.4 is 0 Å². The molecule has 2 rings (SSSR count). The minimum absolute atomic E-state index is 0.102. The molecule has 0 aliphatic carbocycles. The number of rotatable bonds is 3. The van der Waals surface area contributed by atoms with Gasteiger partial charge in [0.05, 0.1) is 0 Å². The van der Waals surface area contributed by atoms with E-state index in [1.54, 1.807) is 0 Å². The largest absolute Gasteiger partial charge is 0.242 e. The molecule has 0 nitrogen and oxygen atoms in total. The highest BCUT2D eigenvalue weighted by molar-refractivity contribution is 5.29. The molecule has 2 aromatic rings. The van der Waals surface area contributed by atoms with Crippen molar-refractivity contribution in [3.63, 3.8) is 0 Å². The maximum Gasteiger partial charge on any atom is 0.129 e. The second-order valence-electron chi connectivity index (χ2n) is 6.17. The minimum atomic E-state index is -1.10. The SMILES string of the molecule is CC(C)(C)c1ccc(CC(F)c2ccc(F)cc2)cc1. The molecule has 0 spiro atoms. The van der Waals surface area contributed by atoms with Gasteiger partial charge in [-0.1, -0.05) is 57.2 Å². The molecule has 20 heavy (non-hydrogen) atoms. The molecule has 0 bridgehead atoms. The van der Waals surface area contributed by atoms with Crippen molar-refractivity contribution < 1.29 is 8.78 Å². The molecule has 0 fully saturated rings. The van der Waals surface area contributed by atoms with E-state index in [4.69, 9.17) is 0 Å². The van der Waals surface area contributed by atoms with Crippen molar-refractivity contribution in [2.45, 2.75) is 38.8 Å². The average Bonchev–Trinajstić information content (AvgIpc) is 2.39. The van der Waals surface area contributed by atoms with E-state index in [2.05, 4.69) is 20.8 Å².